The summed E-state index contributed by atoms with van der Waals surface area (Å²) in [5.74, 6) is 1.68. The van der Waals surface area contributed by atoms with Crippen molar-refractivity contribution < 1.29 is 9.53 Å². The topological polar surface area (TPSA) is 41.6 Å². The van der Waals surface area contributed by atoms with Crippen molar-refractivity contribution in [1.82, 2.24) is 10.2 Å². The monoisotopic (exact) mass is 326 g/mol. The Kier molecular flexibility index (Phi) is 7.69. The summed E-state index contributed by atoms with van der Waals surface area (Å²) >= 11 is 0. The van der Waals surface area contributed by atoms with Gasteiger partial charge in [-0.05, 0) is 51.4 Å². The molecule has 4 nitrogen and oxygen atoms in total. The Morgan fingerprint density at radius 3 is 2.86 bits per heavy atom. The fraction of sp³-hybridized carbons (Fsp3) is 0.588. The summed E-state index contributed by atoms with van der Waals surface area (Å²) in [6.07, 6.45) is 1.56. The molecule has 5 heteroatoms. The van der Waals surface area contributed by atoms with Crippen LogP contribution in [0.4, 0.5) is 0 Å². The van der Waals surface area contributed by atoms with Crippen LogP contribution in [0.2, 0.25) is 0 Å². The molecule has 22 heavy (non-hydrogen) atoms. The van der Waals surface area contributed by atoms with E-state index in [-0.39, 0.29) is 18.3 Å². The molecule has 1 fully saturated rings. The highest BCUT2D eigenvalue weighted by Gasteiger charge is 2.25. The molecule has 1 saturated heterocycles. The Balaban J connectivity index is 0.00000242. The van der Waals surface area contributed by atoms with Crippen LogP contribution < -0.4 is 10.1 Å². The molecule has 0 radical (unpaired) electrons. The lowest BCUT2D eigenvalue weighted by Gasteiger charge is -2.17. The summed E-state index contributed by atoms with van der Waals surface area (Å²) in [6, 6.07) is 6.11. The number of nitrogens with one attached hydrogen (secondary N) is 1. The first-order chi connectivity index (χ1) is 10.1. The van der Waals surface area contributed by atoms with E-state index in [4.69, 9.17) is 4.74 Å². The van der Waals surface area contributed by atoms with Gasteiger partial charge in [0.05, 0.1) is 13.0 Å². The van der Waals surface area contributed by atoms with Crippen LogP contribution in [0.3, 0.4) is 0 Å². The molecule has 1 heterocycles. The van der Waals surface area contributed by atoms with Crippen LogP contribution in [-0.4, -0.2) is 44.1 Å². The molecule has 1 atom stereocenters. The smallest absolute Gasteiger partial charge is 0.226 e. The van der Waals surface area contributed by atoms with E-state index in [9.17, 15) is 4.79 Å². The molecule has 1 aromatic carbocycles. The van der Waals surface area contributed by atoms with Gasteiger partial charge in [0.25, 0.3) is 0 Å². The highest BCUT2D eigenvalue weighted by Crippen LogP contribution is 2.20. The summed E-state index contributed by atoms with van der Waals surface area (Å²) in [4.78, 5) is 14.1. The third kappa shape index (κ3) is 5.18. The molecule has 0 spiro atoms. The van der Waals surface area contributed by atoms with Crippen molar-refractivity contribution >= 4 is 18.3 Å². The summed E-state index contributed by atoms with van der Waals surface area (Å²) in [6.45, 7) is 7.30. The Bertz CT molecular complexity index is 494. The van der Waals surface area contributed by atoms with Gasteiger partial charge in [-0.1, -0.05) is 17.7 Å². The van der Waals surface area contributed by atoms with E-state index in [1.165, 1.54) is 5.56 Å². The number of benzene rings is 1. The number of rotatable bonds is 6. The normalized spacial score (nSPS) is 17.2. The van der Waals surface area contributed by atoms with E-state index in [1.807, 2.05) is 31.0 Å². The lowest BCUT2D eigenvalue weighted by molar-refractivity contribution is -0.130. The largest absolute Gasteiger partial charge is 0.493 e. The third-order valence-corrected chi connectivity index (χ3v) is 4.04. The van der Waals surface area contributed by atoms with Gasteiger partial charge in [-0.25, -0.2) is 0 Å². The van der Waals surface area contributed by atoms with Gasteiger partial charge in [-0.2, -0.15) is 0 Å². The van der Waals surface area contributed by atoms with Gasteiger partial charge in [0, 0.05) is 13.1 Å². The SMILES string of the molecule is CNCC1CCN(C(=O)CCOc2ccc(C)cc2C)C1.Cl. The number of nitrogens with zero attached hydrogens (tertiary/aromatic N) is 1. The summed E-state index contributed by atoms with van der Waals surface area (Å²) in [5, 5.41) is 3.18. The second-order valence-electron chi connectivity index (χ2n) is 5.92. The number of hydrogen-bond acceptors (Lipinski definition) is 3. The van der Waals surface area contributed by atoms with Crippen molar-refractivity contribution in [2.45, 2.75) is 26.7 Å². The number of carbonyl (C=O) groups excluding carboxylic acids is 1. The molecule has 1 N–H and O–H groups in total. The number of carbonyl (C=O) groups is 1. The maximum atomic E-state index is 12.1. The summed E-state index contributed by atoms with van der Waals surface area (Å²) in [5.41, 5.74) is 2.35. The Morgan fingerprint density at radius 2 is 2.18 bits per heavy atom. The van der Waals surface area contributed by atoms with E-state index in [0.717, 1.165) is 37.4 Å². The lowest BCUT2D eigenvalue weighted by atomic mass is 10.1. The molecule has 1 aromatic rings. The molecule has 0 aliphatic carbocycles. The first-order valence-corrected chi connectivity index (χ1v) is 7.72. The minimum absolute atomic E-state index is 0. The summed E-state index contributed by atoms with van der Waals surface area (Å²) in [7, 11) is 1.96. The number of halogens is 1. The number of aryl methyl sites for hydroxylation is 2. The Labute approximate surface area is 139 Å². The maximum absolute atomic E-state index is 12.1. The standard InChI is InChI=1S/C17H26N2O2.ClH/c1-13-4-5-16(14(2)10-13)21-9-7-17(20)19-8-6-15(12-19)11-18-3;/h4-5,10,15,18H,6-9,11-12H2,1-3H3;1H. The van der Waals surface area contributed by atoms with Crippen LogP contribution in [0.1, 0.15) is 24.0 Å². The minimum Gasteiger partial charge on any atom is -0.493 e. The van der Waals surface area contributed by atoms with E-state index in [0.29, 0.717) is 18.9 Å². The van der Waals surface area contributed by atoms with Gasteiger partial charge in [-0.15, -0.1) is 12.4 Å². The van der Waals surface area contributed by atoms with Gasteiger partial charge < -0.3 is 15.0 Å². The molecule has 0 bridgehead atoms. The van der Waals surface area contributed by atoms with Crippen LogP contribution in [0, 0.1) is 19.8 Å². The average Bonchev–Trinajstić information content (AvgIpc) is 2.90. The van der Waals surface area contributed by atoms with Gasteiger partial charge in [0.1, 0.15) is 5.75 Å². The highest BCUT2D eigenvalue weighted by molar-refractivity contribution is 5.85. The second-order valence-corrected chi connectivity index (χ2v) is 5.92. The molecule has 1 aliphatic rings. The van der Waals surface area contributed by atoms with Gasteiger partial charge in [0.15, 0.2) is 0 Å². The molecule has 0 saturated carbocycles. The zero-order chi connectivity index (χ0) is 15.2. The molecule has 124 valence electrons. The second kappa shape index (κ2) is 9.01. The van der Waals surface area contributed by atoms with Crippen LogP contribution >= 0.6 is 12.4 Å². The van der Waals surface area contributed by atoms with Crippen LogP contribution in [-0.2, 0) is 4.79 Å². The molecule has 1 aliphatic heterocycles. The van der Waals surface area contributed by atoms with Crippen LogP contribution in [0.25, 0.3) is 0 Å². The third-order valence-electron chi connectivity index (χ3n) is 4.04. The summed E-state index contributed by atoms with van der Waals surface area (Å²) < 4.78 is 5.74. The first-order valence-electron chi connectivity index (χ1n) is 7.72. The fourth-order valence-corrected chi connectivity index (χ4v) is 2.88. The molecule has 1 amide bonds. The van der Waals surface area contributed by atoms with Crippen molar-refractivity contribution in [2.75, 3.05) is 33.3 Å². The predicted molar refractivity (Wildman–Crippen MR) is 91.9 cm³/mol. The van der Waals surface area contributed by atoms with Crippen molar-refractivity contribution in [3.63, 3.8) is 0 Å². The van der Waals surface area contributed by atoms with Gasteiger partial charge in [-0.3, -0.25) is 4.79 Å². The Morgan fingerprint density at radius 1 is 1.41 bits per heavy atom. The van der Waals surface area contributed by atoms with Crippen molar-refractivity contribution in [1.29, 1.82) is 0 Å². The van der Waals surface area contributed by atoms with E-state index < -0.39 is 0 Å². The lowest BCUT2D eigenvalue weighted by Crippen LogP contribution is -2.31. The van der Waals surface area contributed by atoms with Gasteiger partial charge in [0.2, 0.25) is 5.91 Å². The zero-order valence-electron chi connectivity index (χ0n) is 13.7. The van der Waals surface area contributed by atoms with Crippen molar-refractivity contribution in [2.24, 2.45) is 5.92 Å². The predicted octanol–water partition coefficient (Wildman–Crippen LogP) is 2.56. The van der Waals surface area contributed by atoms with E-state index in [1.54, 1.807) is 0 Å². The molecule has 1 unspecified atom stereocenters. The van der Waals surface area contributed by atoms with Crippen molar-refractivity contribution in [3.05, 3.63) is 29.3 Å². The molecular weight excluding hydrogens is 300 g/mol. The fourth-order valence-electron chi connectivity index (χ4n) is 2.88. The Hall–Kier alpha value is -1.26. The number of ether oxygens (including phenoxy) is 1. The average molecular weight is 327 g/mol. The molecule has 0 aromatic heterocycles. The quantitative estimate of drug-likeness (QED) is 0.873. The minimum atomic E-state index is 0. The maximum Gasteiger partial charge on any atom is 0.226 e. The number of hydrogen-bond donors (Lipinski definition) is 1. The highest BCUT2D eigenvalue weighted by atomic mass is 35.5. The van der Waals surface area contributed by atoms with E-state index >= 15 is 0 Å². The van der Waals surface area contributed by atoms with Crippen LogP contribution in [0.5, 0.6) is 5.75 Å². The van der Waals surface area contributed by atoms with Crippen LogP contribution in [0.15, 0.2) is 18.2 Å². The molecule has 2 rings (SSSR count). The zero-order valence-corrected chi connectivity index (χ0v) is 14.5. The van der Waals surface area contributed by atoms with E-state index in [2.05, 4.69) is 18.3 Å². The van der Waals surface area contributed by atoms with Gasteiger partial charge >= 0.3 is 0 Å². The first kappa shape index (κ1) is 18.8. The number of amides is 1. The number of likely N-dealkylation sites (tertiary alicyclic amines) is 1. The molecular formula is C17H27ClN2O2. The van der Waals surface area contributed by atoms with Crippen molar-refractivity contribution in [3.8, 4) is 5.75 Å².